The van der Waals surface area contributed by atoms with Gasteiger partial charge < -0.3 is 4.90 Å². The van der Waals surface area contributed by atoms with Crippen molar-refractivity contribution in [2.75, 3.05) is 31.1 Å². The average molecular weight is 540 g/mol. The summed E-state index contributed by atoms with van der Waals surface area (Å²) in [4.78, 5) is 7.24. The van der Waals surface area contributed by atoms with Crippen LogP contribution in [0.25, 0.3) is 16.7 Å². The Labute approximate surface area is 219 Å². The fraction of sp³-hybridized carbons (Fsp3) is 0.308. The number of para-hydroxylation sites is 2. The molecule has 0 spiro atoms. The van der Waals surface area contributed by atoms with Gasteiger partial charge in [0.2, 0.25) is 10.0 Å². The van der Waals surface area contributed by atoms with Crippen molar-refractivity contribution in [3.8, 4) is 6.07 Å². The number of sulfonamides is 1. The van der Waals surface area contributed by atoms with E-state index in [-0.39, 0.29) is 9.92 Å². The Balaban J connectivity index is 1.42. The van der Waals surface area contributed by atoms with Crippen LogP contribution in [-0.2, 0) is 22.9 Å². The van der Waals surface area contributed by atoms with Gasteiger partial charge in [0.25, 0.3) is 0 Å². The maximum atomic E-state index is 13.3. The molecule has 6 rings (SSSR count). The molecule has 7 nitrogen and oxygen atoms in total. The summed E-state index contributed by atoms with van der Waals surface area (Å²) in [5.74, 6) is 1.04. The van der Waals surface area contributed by atoms with Crippen LogP contribution in [0.5, 0.6) is 0 Å². The van der Waals surface area contributed by atoms with Crippen molar-refractivity contribution in [1.29, 1.82) is 5.26 Å². The van der Waals surface area contributed by atoms with Crippen LogP contribution in [0.4, 0.5) is 5.82 Å². The number of halogens is 2. The molecule has 3 heterocycles. The Morgan fingerprint density at radius 1 is 0.917 bits per heavy atom. The standard InChI is InChI=1S/C26H23Cl2N5O2S/c27-21-10-9-17(15-22(21)28)36(34,35)32-13-11-31(12-14-32)26-19-6-2-1-5-18(19)20(16-29)25-30-23-7-3-4-8-24(23)33(25)26/h3-4,7-10,15H,1-2,5-6,11-14H2. The van der Waals surface area contributed by atoms with Crippen LogP contribution in [0.1, 0.15) is 29.5 Å². The van der Waals surface area contributed by atoms with Crippen LogP contribution >= 0.6 is 23.2 Å². The van der Waals surface area contributed by atoms with Gasteiger partial charge in [0.05, 0.1) is 31.5 Å². The van der Waals surface area contributed by atoms with E-state index >= 15 is 0 Å². The first-order valence-electron chi connectivity index (χ1n) is 12.0. The van der Waals surface area contributed by atoms with Gasteiger partial charge in [-0.3, -0.25) is 4.40 Å². The van der Waals surface area contributed by atoms with E-state index in [9.17, 15) is 13.7 Å². The smallest absolute Gasteiger partial charge is 0.243 e. The first kappa shape index (κ1) is 23.6. The Hall–Kier alpha value is -2.83. The van der Waals surface area contributed by atoms with Crippen molar-refractivity contribution in [3.63, 3.8) is 0 Å². The van der Waals surface area contributed by atoms with Gasteiger partial charge in [-0.1, -0.05) is 35.3 Å². The number of pyridine rings is 1. The van der Waals surface area contributed by atoms with Gasteiger partial charge in [0, 0.05) is 26.2 Å². The Bertz CT molecular complexity index is 1670. The summed E-state index contributed by atoms with van der Waals surface area (Å²) in [6.45, 7) is 1.73. The summed E-state index contributed by atoms with van der Waals surface area (Å²) >= 11 is 12.1. The summed E-state index contributed by atoms with van der Waals surface area (Å²) in [5.41, 5.74) is 5.42. The Morgan fingerprint density at radius 2 is 1.64 bits per heavy atom. The lowest BCUT2D eigenvalue weighted by atomic mass is 9.88. The molecular formula is C26H23Cl2N5O2S. The van der Waals surface area contributed by atoms with Crippen molar-refractivity contribution in [2.45, 2.75) is 30.6 Å². The van der Waals surface area contributed by atoms with Crippen LogP contribution in [0.2, 0.25) is 10.0 Å². The minimum absolute atomic E-state index is 0.143. The first-order chi connectivity index (χ1) is 17.4. The van der Waals surface area contributed by atoms with E-state index in [2.05, 4.69) is 15.4 Å². The van der Waals surface area contributed by atoms with Gasteiger partial charge in [-0.05, 0) is 67.1 Å². The summed E-state index contributed by atoms with van der Waals surface area (Å²) in [5, 5.41) is 10.6. The molecule has 36 heavy (non-hydrogen) atoms. The zero-order valence-electron chi connectivity index (χ0n) is 19.4. The maximum Gasteiger partial charge on any atom is 0.243 e. The molecule has 1 aliphatic carbocycles. The molecule has 0 radical (unpaired) electrons. The van der Waals surface area contributed by atoms with Gasteiger partial charge in [0.1, 0.15) is 11.9 Å². The van der Waals surface area contributed by atoms with Crippen molar-refractivity contribution < 1.29 is 8.42 Å². The Kier molecular flexibility index (Phi) is 5.84. The number of nitrogens with zero attached hydrogens (tertiary/aromatic N) is 5. The quantitative estimate of drug-likeness (QED) is 0.363. The number of benzene rings is 2. The molecule has 0 atom stereocenters. The highest BCUT2D eigenvalue weighted by molar-refractivity contribution is 7.89. The third-order valence-electron chi connectivity index (χ3n) is 7.21. The number of hydrogen-bond donors (Lipinski definition) is 0. The average Bonchev–Trinajstić information content (AvgIpc) is 3.28. The minimum Gasteiger partial charge on any atom is -0.355 e. The van der Waals surface area contributed by atoms with Crippen molar-refractivity contribution in [3.05, 3.63) is 69.2 Å². The highest BCUT2D eigenvalue weighted by atomic mass is 35.5. The van der Waals surface area contributed by atoms with Crippen LogP contribution in [0, 0.1) is 11.3 Å². The molecule has 0 amide bonds. The molecule has 10 heteroatoms. The molecule has 1 saturated heterocycles. The lowest BCUT2D eigenvalue weighted by Gasteiger charge is -2.38. The Morgan fingerprint density at radius 3 is 2.36 bits per heavy atom. The number of fused-ring (bicyclic) bond motifs is 4. The third kappa shape index (κ3) is 3.65. The van der Waals surface area contributed by atoms with Crippen molar-refractivity contribution in [1.82, 2.24) is 13.7 Å². The van der Waals surface area contributed by atoms with Gasteiger partial charge >= 0.3 is 0 Å². The summed E-state index contributed by atoms with van der Waals surface area (Å²) in [6.07, 6.45) is 3.86. The van der Waals surface area contributed by atoms with Crippen LogP contribution < -0.4 is 4.90 Å². The number of hydrogen-bond acceptors (Lipinski definition) is 5. The van der Waals surface area contributed by atoms with E-state index in [1.54, 1.807) is 0 Å². The molecule has 2 aromatic carbocycles. The second-order valence-corrected chi connectivity index (χ2v) is 12.0. The SMILES string of the molecule is N#Cc1c2c(c(N3CCN(S(=O)(=O)c4ccc(Cl)c(Cl)c4)CC3)n3c1nc1ccccc13)CCCC2. The van der Waals surface area contributed by atoms with Gasteiger partial charge in [-0.15, -0.1) is 0 Å². The van der Waals surface area contributed by atoms with E-state index in [0.717, 1.165) is 48.1 Å². The predicted molar refractivity (Wildman–Crippen MR) is 141 cm³/mol. The first-order valence-corrected chi connectivity index (χ1v) is 14.1. The zero-order chi connectivity index (χ0) is 25.0. The molecule has 1 aliphatic heterocycles. The second kappa shape index (κ2) is 8.93. The molecule has 0 saturated carbocycles. The van der Waals surface area contributed by atoms with Gasteiger partial charge in [-0.2, -0.15) is 9.57 Å². The van der Waals surface area contributed by atoms with Gasteiger partial charge in [0.15, 0.2) is 5.65 Å². The second-order valence-electron chi connectivity index (χ2n) is 9.20. The maximum absolute atomic E-state index is 13.3. The molecule has 0 N–H and O–H groups in total. The molecule has 2 aliphatic rings. The van der Waals surface area contributed by atoms with Crippen molar-refractivity contribution >= 4 is 55.7 Å². The topological polar surface area (TPSA) is 81.7 Å². The molecule has 2 aromatic heterocycles. The zero-order valence-corrected chi connectivity index (χ0v) is 21.7. The van der Waals surface area contributed by atoms with Crippen molar-refractivity contribution in [2.24, 2.45) is 0 Å². The van der Waals surface area contributed by atoms with E-state index in [1.165, 1.54) is 28.1 Å². The molecule has 4 aromatic rings. The molecule has 184 valence electrons. The fourth-order valence-corrected chi connectivity index (χ4v) is 7.29. The van der Waals surface area contributed by atoms with Crippen LogP contribution in [0.3, 0.4) is 0 Å². The fourth-order valence-electron chi connectivity index (χ4n) is 5.48. The summed E-state index contributed by atoms with van der Waals surface area (Å²) in [6, 6.07) is 14.8. The molecular weight excluding hydrogens is 517 g/mol. The molecule has 0 bridgehead atoms. The lowest BCUT2D eigenvalue weighted by molar-refractivity contribution is 0.383. The molecule has 1 fully saturated rings. The van der Waals surface area contributed by atoms with Gasteiger partial charge in [-0.25, -0.2) is 13.4 Å². The normalized spacial score (nSPS) is 16.9. The van der Waals surface area contributed by atoms with E-state index < -0.39 is 10.0 Å². The third-order valence-corrected chi connectivity index (χ3v) is 9.85. The number of rotatable bonds is 3. The number of imidazole rings is 1. The highest BCUT2D eigenvalue weighted by Gasteiger charge is 2.33. The van der Waals surface area contributed by atoms with E-state index in [1.807, 2.05) is 24.3 Å². The largest absolute Gasteiger partial charge is 0.355 e. The summed E-state index contributed by atoms with van der Waals surface area (Å²) in [7, 11) is -3.70. The minimum atomic E-state index is -3.70. The van der Waals surface area contributed by atoms with E-state index in [4.69, 9.17) is 28.2 Å². The number of nitriles is 1. The van der Waals surface area contributed by atoms with Crippen LogP contribution in [0.15, 0.2) is 47.4 Å². The highest BCUT2D eigenvalue weighted by Crippen LogP contribution is 2.38. The molecule has 0 unspecified atom stereocenters. The monoisotopic (exact) mass is 539 g/mol. The predicted octanol–water partition coefficient (Wildman–Crippen LogP) is 5.06. The lowest BCUT2D eigenvalue weighted by Crippen LogP contribution is -2.49. The summed E-state index contributed by atoms with van der Waals surface area (Å²) < 4.78 is 30.2. The van der Waals surface area contributed by atoms with Crippen LogP contribution in [-0.4, -0.2) is 48.3 Å². The number of anilines is 1. The number of piperazine rings is 1. The number of aromatic nitrogens is 2. The van der Waals surface area contributed by atoms with E-state index in [0.29, 0.717) is 42.4 Å².